The topological polar surface area (TPSA) is 43.6 Å². The zero-order chi connectivity index (χ0) is 15.7. The second-order valence-corrected chi connectivity index (χ2v) is 6.47. The monoisotopic (exact) mass is 316 g/mol. The molecule has 2 aromatic rings. The van der Waals surface area contributed by atoms with Crippen LogP contribution < -0.4 is 0 Å². The van der Waals surface area contributed by atoms with Gasteiger partial charge < -0.3 is 0 Å². The standard InChI is InChI=1S/C13H15F3N4S/c1-12(2,3)20-11(17-18-19-20)21-8-9-5-4-6-10(7-9)13(14,15)16/h4-7H,8H2,1-3H3. The van der Waals surface area contributed by atoms with E-state index in [9.17, 15) is 13.2 Å². The van der Waals surface area contributed by atoms with Gasteiger partial charge in [-0.25, -0.2) is 4.68 Å². The molecular formula is C13H15F3N4S. The second-order valence-electron chi connectivity index (χ2n) is 5.53. The van der Waals surface area contributed by atoms with Gasteiger partial charge in [-0.15, -0.1) is 5.10 Å². The van der Waals surface area contributed by atoms with Crippen LogP contribution in [0.3, 0.4) is 0 Å². The molecule has 0 spiro atoms. The van der Waals surface area contributed by atoms with Crippen molar-refractivity contribution in [3.8, 4) is 0 Å². The van der Waals surface area contributed by atoms with Crippen LogP contribution in [0, 0.1) is 0 Å². The first-order valence-electron chi connectivity index (χ1n) is 6.26. The minimum atomic E-state index is -4.33. The van der Waals surface area contributed by atoms with E-state index in [4.69, 9.17) is 0 Å². The van der Waals surface area contributed by atoms with Crippen LogP contribution in [-0.4, -0.2) is 20.2 Å². The number of alkyl halides is 3. The van der Waals surface area contributed by atoms with Crippen LogP contribution in [0.5, 0.6) is 0 Å². The van der Waals surface area contributed by atoms with E-state index in [1.54, 1.807) is 10.7 Å². The highest BCUT2D eigenvalue weighted by Crippen LogP contribution is 2.31. The maximum atomic E-state index is 12.7. The molecule has 0 aliphatic carbocycles. The van der Waals surface area contributed by atoms with Gasteiger partial charge in [0.1, 0.15) is 0 Å². The highest BCUT2D eigenvalue weighted by atomic mass is 32.2. The number of hydrogen-bond donors (Lipinski definition) is 0. The number of nitrogens with zero attached hydrogens (tertiary/aromatic N) is 4. The minimum Gasteiger partial charge on any atom is -0.215 e. The fourth-order valence-electron chi connectivity index (χ4n) is 1.68. The van der Waals surface area contributed by atoms with Crippen molar-refractivity contribution in [2.24, 2.45) is 0 Å². The molecule has 0 atom stereocenters. The van der Waals surface area contributed by atoms with Gasteiger partial charge in [0.15, 0.2) is 0 Å². The Morgan fingerprint density at radius 3 is 2.52 bits per heavy atom. The molecule has 4 nitrogen and oxygen atoms in total. The van der Waals surface area contributed by atoms with Crippen LogP contribution in [0.1, 0.15) is 31.9 Å². The van der Waals surface area contributed by atoms with E-state index < -0.39 is 11.7 Å². The van der Waals surface area contributed by atoms with Crippen LogP contribution in [0.15, 0.2) is 29.4 Å². The number of tetrazole rings is 1. The van der Waals surface area contributed by atoms with Crippen molar-refractivity contribution in [1.82, 2.24) is 20.2 Å². The van der Waals surface area contributed by atoms with Gasteiger partial charge in [-0.05, 0) is 42.8 Å². The molecule has 21 heavy (non-hydrogen) atoms. The van der Waals surface area contributed by atoms with Gasteiger partial charge in [-0.2, -0.15) is 13.2 Å². The van der Waals surface area contributed by atoms with Crippen molar-refractivity contribution < 1.29 is 13.2 Å². The Hall–Kier alpha value is -1.57. The maximum absolute atomic E-state index is 12.7. The van der Waals surface area contributed by atoms with Crippen LogP contribution in [0.25, 0.3) is 0 Å². The van der Waals surface area contributed by atoms with Crippen molar-refractivity contribution in [3.63, 3.8) is 0 Å². The van der Waals surface area contributed by atoms with Gasteiger partial charge in [-0.1, -0.05) is 30.0 Å². The molecule has 1 aromatic carbocycles. The molecule has 114 valence electrons. The molecule has 0 unspecified atom stereocenters. The Labute approximate surface area is 124 Å². The SMILES string of the molecule is CC(C)(C)n1nnnc1SCc1cccc(C(F)(F)F)c1. The summed E-state index contributed by atoms with van der Waals surface area (Å²) in [5.74, 6) is 0.375. The summed E-state index contributed by atoms with van der Waals surface area (Å²) < 4.78 is 39.6. The first-order valence-corrected chi connectivity index (χ1v) is 7.24. The average Bonchev–Trinajstić information content (AvgIpc) is 2.84. The number of halogens is 3. The van der Waals surface area contributed by atoms with Crippen molar-refractivity contribution in [2.45, 2.75) is 43.4 Å². The highest BCUT2D eigenvalue weighted by Gasteiger charge is 2.30. The summed E-state index contributed by atoms with van der Waals surface area (Å²) in [4.78, 5) is 0. The molecule has 0 N–H and O–H groups in total. The zero-order valence-electron chi connectivity index (χ0n) is 11.8. The summed E-state index contributed by atoms with van der Waals surface area (Å²) >= 11 is 1.31. The van der Waals surface area contributed by atoms with Crippen molar-refractivity contribution >= 4 is 11.8 Å². The van der Waals surface area contributed by atoms with Gasteiger partial charge >= 0.3 is 6.18 Å². The molecule has 0 bridgehead atoms. The Morgan fingerprint density at radius 1 is 1.19 bits per heavy atom. The van der Waals surface area contributed by atoms with Crippen LogP contribution in [0.2, 0.25) is 0 Å². The van der Waals surface area contributed by atoms with Crippen molar-refractivity contribution in [1.29, 1.82) is 0 Å². The molecule has 0 saturated heterocycles. The van der Waals surface area contributed by atoms with E-state index >= 15 is 0 Å². The molecule has 0 saturated carbocycles. The molecule has 0 aliphatic heterocycles. The van der Waals surface area contributed by atoms with Crippen molar-refractivity contribution in [2.75, 3.05) is 0 Å². The third-order valence-corrected chi connectivity index (χ3v) is 3.69. The fourth-order valence-corrected chi connectivity index (χ4v) is 2.68. The number of hydrogen-bond acceptors (Lipinski definition) is 4. The molecule has 1 aromatic heterocycles. The Morgan fingerprint density at radius 2 is 1.90 bits per heavy atom. The van der Waals surface area contributed by atoms with E-state index in [-0.39, 0.29) is 5.54 Å². The highest BCUT2D eigenvalue weighted by molar-refractivity contribution is 7.98. The molecule has 1 heterocycles. The van der Waals surface area contributed by atoms with E-state index in [0.29, 0.717) is 16.5 Å². The molecule has 0 fully saturated rings. The lowest BCUT2D eigenvalue weighted by Gasteiger charge is -2.19. The number of thioether (sulfide) groups is 1. The van der Waals surface area contributed by atoms with Gasteiger partial charge in [0, 0.05) is 5.75 Å². The summed E-state index contributed by atoms with van der Waals surface area (Å²) in [6.07, 6.45) is -4.33. The number of benzene rings is 1. The number of rotatable bonds is 3. The van der Waals surface area contributed by atoms with Gasteiger partial charge in [-0.3, -0.25) is 0 Å². The fraction of sp³-hybridized carbons (Fsp3) is 0.462. The largest absolute Gasteiger partial charge is 0.416 e. The first kappa shape index (κ1) is 15.8. The first-order chi connectivity index (χ1) is 9.68. The summed E-state index contributed by atoms with van der Waals surface area (Å²) in [5.41, 5.74) is -0.339. The Balaban J connectivity index is 2.13. The third kappa shape index (κ3) is 3.96. The normalized spacial score (nSPS) is 12.7. The molecule has 8 heteroatoms. The summed E-state index contributed by atoms with van der Waals surface area (Å²) in [6.45, 7) is 5.87. The van der Waals surface area contributed by atoms with E-state index in [1.807, 2.05) is 20.8 Å². The average molecular weight is 316 g/mol. The number of aromatic nitrogens is 4. The molecule has 0 radical (unpaired) electrons. The van der Waals surface area contributed by atoms with Gasteiger partial charge in [0.05, 0.1) is 11.1 Å². The lowest BCUT2D eigenvalue weighted by atomic mass is 10.1. The zero-order valence-corrected chi connectivity index (χ0v) is 12.7. The predicted molar refractivity (Wildman–Crippen MR) is 73.8 cm³/mol. The minimum absolute atomic E-state index is 0.278. The molecule has 0 amide bonds. The summed E-state index contributed by atoms with van der Waals surface area (Å²) in [5, 5.41) is 12.0. The van der Waals surface area contributed by atoms with E-state index in [1.165, 1.54) is 17.8 Å². The maximum Gasteiger partial charge on any atom is 0.416 e. The Kier molecular flexibility index (Phi) is 4.27. The van der Waals surface area contributed by atoms with E-state index in [0.717, 1.165) is 12.1 Å². The Bertz CT molecular complexity index is 616. The van der Waals surface area contributed by atoms with Gasteiger partial charge in [0.25, 0.3) is 0 Å². The summed E-state index contributed by atoms with van der Waals surface area (Å²) in [7, 11) is 0. The lowest BCUT2D eigenvalue weighted by molar-refractivity contribution is -0.137. The molecular weight excluding hydrogens is 301 g/mol. The lowest BCUT2D eigenvalue weighted by Crippen LogP contribution is -2.24. The molecule has 2 rings (SSSR count). The van der Waals surface area contributed by atoms with Gasteiger partial charge in [0.2, 0.25) is 5.16 Å². The predicted octanol–water partition coefficient (Wildman–Crippen LogP) is 3.74. The van der Waals surface area contributed by atoms with Crippen molar-refractivity contribution in [3.05, 3.63) is 35.4 Å². The van der Waals surface area contributed by atoms with E-state index in [2.05, 4.69) is 15.5 Å². The van der Waals surface area contributed by atoms with Crippen LogP contribution in [-0.2, 0) is 17.5 Å². The van der Waals surface area contributed by atoms with Crippen LogP contribution >= 0.6 is 11.8 Å². The molecule has 0 aliphatic rings. The quantitative estimate of drug-likeness (QED) is 0.809. The van der Waals surface area contributed by atoms with Crippen LogP contribution in [0.4, 0.5) is 13.2 Å². The second kappa shape index (κ2) is 5.67. The smallest absolute Gasteiger partial charge is 0.215 e. The third-order valence-electron chi connectivity index (χ3n) is 2.70. The summed E-state index contributed by atoms with van der Waals surface area (Å²) in [6, 6.07) is 5.28.